The predicted octanol–water partition coefficient (Wildman–Crippen LogP) is 2.29. The first-order chi connectivity index (χ1) is 9.70. The van der Waals surface area contributed by atoms with Gasteiger partial charge in [0.05, 0.1) is 23.4 Å². The Balaban J connectivity index is 1.81. The lowest BCUT2D eigenvalue weighted by atomic mass is 10.0. The first kappa shape index (κ1) is 13.6. The van der Waals surface area contributed by atoms with Crippen LogP contribution in [0.5, 0.6) is 0 Å². The van der Waals surface area contributed by atoms with Crippen LogP contribution < -0.4 is 0 Å². The minimum atomic E-state index is -0.472. The number of aromatic nitrogens is 2. The normalized spacial score (nSPS) is 18.4. The number of benzene rings is 1. The van der Waals surface area contributed by atoms with Crippen molar-refractivity contribution in [1.29, 1.82) is 0 Å². The summed E-state index contributed by atoms with van der Waals surface area (Å²) in [6.07, 6.45) is 2.39. The van der Waals surface area contributed by atoms with Gasteiger partial charge >= 0.3 is 0 Å². The van der Waals surface area contributed by atoms with Gasteiger partial charge in [-0.3, -0.25) is 4.68 Å². The van der Waals surface area contributed by atoms with Gasteiger partial charge in [-0.25, -0.2) is 0 Å². The standard InChI is InChI=1S/C16H22N2O2/c1-3-20-16(11-8-9-11)15(19)10-13-12-6-4-5-7-14(12)18(2)17-13/h4-7,11,15-16,19H,3,8-10H2,1-2H3. The zero-order chi connectivity index (χ0) is 14.1. The van der Waals surface area contributed by atoms with Crippen molar-refractivity contribution < 1.29 is 9.84 Å². The van der Waals surface area contributed by atoms with Crippen molar-refractivity contribution in [2.45, 2.75) is 38.4 Å². The molecule has 0 bridgehead atoms. The first-order valence-corrected chi connectivity index (χ1v) is 7.41. The minimum absolute atomic E-state index is 0.0410. The van der Waals surface area contributed by atoms with Gasteiger partial charge in [0, 0.05) is 25.5 Å². The molecule has 1 aromatic carbocycles. The quantitative estimate of drug-likeness (QED) is 0.879. The number of hydrogen-bond donors (Lipinski definition) is 1. The van der Waals surface area contributed by atoms with Gasteiger partial charge in [0.2, 0.25) is 0 Å². The molecule has 4 heteroatoms. The molecule has 2 atom stereocenters. The van der Waals surface area contributed by atoms with E-state index in [4.69, 9.17) is 4.74 Å². The van der Waals surface area contributed by atoms with Crippen LogP contribution in [0.1, 0.15) is 25.5 Å². The summed E-state index contributed by atoms with van der Waals surface area (Å²) in [4.78, 5) is 0. The Morgan fingerprint density at radius 1 is 1.40 bits per heavy atom. The average molecular weight is 274 g/mol. The molecular weight excluding hydrogens is 252 g/mol. The molecule has 0 saturated heterocycles. The molecule has 1 N–H and O–H groups in total. The van der Waals surface area contributed by atoms with Gasteiger partial charge in [-0.05, 0) is 31.7 Å². The number of para-hydroxylation sites is 1. The maximum absolute atomic E-state index is 10.5. The highest BCUT2D eigenvalue weighted by molar-refractivity contribution is 5.81. The molecule has 1 fully saturated rings. The highest BCUT2D eigenvalue weighted by atomic mass is 16.5. The van der Waals surface area contributed by atoms with E-state index >= 15 is 0 Å². The van der Waals surface area contributed by atoms with Crippen molar-refractivity contribution in [2.75, 3.05) is 6.61 Å². The molecule has 108 valence electrons. The summed E-state index contributed by atoms with van der Waals surface area (Å²) in [5.41, 5.74) is 2.06. The van der Waals surface area contributed by atoms with Crippen molar-refractivity contribution in [3.63, 3.8) is 0 Å². The number of rotatable bonds is 6. The molecule has 2 unspecified atom stereocenters. The zero-order valence-corrected chi connectivity index (χ0v) is 12.1. The number of aliphatic hydroxyl groups is 1. The van der Waals surface area contributed by atoms with Crippen molar-refractivity contribution in [3.8, 4) is 0 Å². The lowest BCUT2D eigenvalue weighted by Crippen LogP contribution is -2.33. The second-order valence-electron chi connectivity index (χ2n) is 5.62. The Bertz CT molecular complexity index is 589. The van der Waals surface area contributed by atoms with Crippen LogP contribution in [0.15, 0.2) is 24.3 Å². The summed E-state index contributed by atoms with van der Waals surface area (Å²) < 4.78 is 7.61. The van der Waals surface area contributed by atoms with E-state index < -0.39 is 6.10 Å². The van der Waals surface area contributed by atoms with Crippen LogP contribution in [0.4, 0.5) is 0 Å². The summed E-state index contributed by atoms with van der Waals surface area (Å²) in [6.45, 7) is 2.64. The van der Waals surface area contributed by atoms with Crippen molar-refractivity contribution in [1.82, 2.24) is 9.78 Å². The fraction of sp³-hybridized carbons (Fsp3) is 0.562. The van der Waals surface area contributed by atoms with E-state index in [1.54, 1.807) is 0 Å². The molecule has 20 heavy (non-hydrogen) atoms. The fourth-order valence-electron chi connectivity index (χ4n) is 2.93. The van der Waals surface area contributed by atoms with Crippen molar-refractivity contribution in [2.24, 2.45) is 13.0 Å². The van der Waals surface area contributed by atoms with Crippen LogP contribution in [0.2, 0.25) is 0 Å². The summed E-state index contributed by atoms with van der Waals surface area (Å²) in [5, 5.41) is 16.2. The number of nitrogens with zero attached hydrogens (tertiary/aromatic N) is 2. The maximum atomic E-state index is 10.5. The average Bonchev–Trinajstić information content (AvgIpc) is 3.23. The molecule has 1 aliphatic carbocycles. The third-order valence-electron chi connectivity index (χ3n) is 4.06. The molecule has 1 aromatic heterocycles. The molecule has 0 amide bonds. The molecule has 3 rings (SSSR count). The fourth-order valence-corrected chi connectivity index (χ4v) is 2.93. The summed E-state index contributed by atoms with van der Waals surface area (Å²) >= 11 is 0. The second-order valence-corrected chi connectivity index (χ2v) is 5.62. The van der Waals surface area contributed by atoms with Gasteiger partial charge in [0.25, 0.3) is 0 Å². The molecule has 0 aliphatic heterocycles. The topological polar surface area (TPSA) is 47.3 Å². The van der Waals surface area contributed by atoms with Gasteiger partial charge in [0.15, 0.2) is 0 Å². The van der Waals surface area contributed by atoms with Crippen LogP contribution in [0, 0.1) is 5.92 Å². The molecular formula is C16H22N2O2. The van der Waals surface area contributed by atoms with E-state index in [1.165, 1.54) is 12.8 Å². The number of aryl methyl sites for hydroxylation is 1. The lowest BCUT2D eigenvalue weighted by Gasteiger charge is -2.22. The van der Waals surface area contributed by atoms with Gasteiger partial charge in [-0.1, -0.05) is 18.2 Å². The minimum Gasteiger partial charge on any atom is -0.390 e. The van der Waals surface area contributed by atoms with Crippen molar-refractivity contribution in [3.05, 3.63) is 30.0 Å². The highest BCUT2D eigenvalue weighted by Crippen LogP contribution is 2.36. The van der Waals surface area contributed by atoms with Crippen LogP contribution >= 0.6 is 0 Å². The lowest BCUT2D eigenvalue weighted by molar-refractivity contribution is -0.0442. The Kier molecular flexibility index (Phi) is 3.76. The van der Waals surface area contributed by atoms with E-state index in [0.717, 1.165) is 16.6 Å². The second kappa shape index (κ2) is 5.54. The highest BCUT2D eigenvalue weighted by Gasteiger charge is 2.37. The van der Waals surface area contributed by atoms with E-state index in [1.807, 2.05) is 30.8 Å². The van der Waals surface area contributed by atoms with Gasteiger partial charge in [-0.15, -0.1) is 0 Å². The molecule has 4 nitrogen and oxygen atoms in total. The molecule has 2 aromatic rings. The monoisotopic (exact) mass is 274 g/mol. The number of aliphatic hydroxyl groups excluding tert-OH is 1. The van der Waals surface area contributed by atoms with Gasteiger partial charge in [0.1, 0.15) is 0 Å². The molecule has 1 heterocycles. The zero-order valence-electron chi connectivity index (χ0n) is 12.1. The van der Waals surface area contributed by atoms with Gasteiger partial charge in [-0.2, -0.15) is 5.10 Å². The Hall–Kier alpha value is -1.39. The number of fused-ring (bicyclic) bond motifs is 1. The molecule has 1 saturated carbocycles. The largest absolute Gasteiger partial charge is 0.390 e. The summed E-state index contributed by atoms with van der Waals surface area (Å²) in [5.74, 6) is 0.528. The maximum Gasteiger partial charge on any atom is 0.0865 e. The number of hydrogen-bond acceptors (Lipinski definition) is 3. The Labute approximate surface area is 119 Å². The smallest absolute Gasteiger partial charge is 0.0865 e. The summed E-state index contributed by atoms with van der Waals surface area (Å²) in [6, 6.07) is 8.15. The first-order valence-electron chi connectivity index (χ1n) is 7.41. The molecule has 0 spiro atoms. The third-order valence-corrected chi connectivity index (χ3v) is 4.06. The van der Waals surface area contributed by atoms with Gasteiger partial charge < -0.3 is 9.84 Å². The van der Waals surface area contributed by atoms with Crippen LogP contribution in [-0.4, -0.2) is 33.7 Å². The number of ether oxygens (including phenoxy) is 1. The summed E-state index contributed by atoms with van der Waals surface area (Å²) in [7, 11) is 1.94. The molecule has 0 radical (unpaired) electrons. The predicted molar refractivity (Wildman–Crippen MR) is 78.6 cm³/mol. The van der Waals surface area contributed by atoms with E-state index in [9.17, 15) is 5.11 Å². The molecule has 1 aliphatic rings. The van der Waals surface area contributed by atoms with E-state index in [0.29, 0.717) is 18.9 Å². The van der Waals surface area contributed by atoms with Crippen LogP contribution in [-0.2, 0) is 18.2 Å². The van der Waals surface area contributed by atoms with E-state index in [-0.39, 0.29) is 6.10 Å². The van der Waals surface area contributed by atoms with Crippen molar-refractivity contribution >= 4 is 10.9 Å². The van der Waals surface area contributed by atoms with E-state index in [2.05, 4.69) is 17.2 Å². The van der Waals surface area contributed by atoms with Crippen LogP contribution in [0.3, 0.4) is 0 Å². The Morgan fingerprint density at radius 2 is 2.15 bits per heavy atom. The SMILES string of the molecule is CCOC(C(O)Cc1nn(C)c2ccccc12)C1CC1. The Morgan fingerprint density at radius 3 is 2.85 bits per heavy atom. The van der Waals surface area contributed by atoms with Crippen LogP contribution in [0.25, 0.3) is 10.9 Å². The third kappa shape index (κ3) is 2.58.